The smallest absolute Gasteiger partial charge is 0.139 e. The van der Waals surface area contributed by atoms with E-state index in [-0.39, 0.29) is 17.9 Å². The molecular weight excluding hydrogens is 310 g/mol. The molecule has 25 heavy (non-hydrogen) atoms. The van der Waals surface area contributed by atoms with Gasteiger partial charge in [-0.25, -0.2) is 0 Å². The van der Waals surface area contributed by atoms with Crippen molar-refractivity contribution >= 4 is 5.69 Å². The van der Waals surface area contributed by atoms with Crippen LogP contribution in [0, 0.1) is 0 Å². The minimum atomic E-state index is -0.0613. The van der Waals surface area contributed by atoms with E-state index in [0.717, 1.165) is 23.2 Å². The van der Waals surface area contributed by atoms with Crippen LogP contribution in [0.25, 0.3) is 0 Å². The number of fused-ring (bicyclic) bond motifs is 1. The van der Waals surface area contributed by atoms with Gasteiger partial charge >= 0.3 is 0 Å². The summed E-state index contributed by atoms with van der Waals surface area (Å²) in [5.41, 5.74) is 4.15. The van der Waals surface area contributed by atoms with E-state index in [1.165, 1.54) is 5.56 Å². The van der Waals surface area contributed by atoms with Gasteiger partial charge in [-0.15, -0.1) is 0 Å². The molecule has 4 rings (SSSR count). The van der Waals surface area contributed by atoms with Gasteiger partial charge in [-0.3, -0.25) is 0 Å². The average molecular weight is 331 g/mol. The van der Waals surface area contributed by atoms with Gasteiger partial charge in [0.25, 0.3) is 0 Å². The zero-order valence-corrected chi connectivity index (χ0v) is 13.9. The van der Waals surface area contributed by atoms with Crippen molar-refractivity contribution in [1.82, 2.24) is 0 Å². The molecule has 0 bridgehead atoms. The summed E-state index contributed by atoms with van der Waals surface area (Å²) < 4.78 is 6.25. The highest BCUT2D eigenvalue weighted by Gasteiger charge is 2.29. The predicted molar refractivity (Wildman–Crippen MR) is 99.5 cm³/mol. The van der Waals surface area contributed by atoms with E-state index in [4.69, 9.17) is 4.74 Å². The average Bonchev–Trinajstić information content (AvgIpc) is 2.68. The molecule has 2 atom stereocenters. The number of nitrogens with one attached hydrogen (secondary N) is 1. The summed E-state index contributed by atoms with van der Waals surface area (Å²) in [6, 6.07) is 26.2. The van der Waals surface area contributed by atoms with Gasteiger partial charge in [0.15, 0.2) is 0 Å². The molecule has 0 spiro atoms. The third-order valence-corrected chi connectivity index (χ3v) is 4.69. The normalized spacial score (nSPS) is 19.0. The molecule has 0 saturated carbocycles. The van der Waals surface area contributed by atoms with Crippen LogP contribution in [0.4, 0.5) is 5.69 Å². The first-order chi connectivity index (χ1) is 12.3. The summed E-state index contributed by atoms with van der Waals surface area (Å²) in [4.78, 5) is 0. The maximum Gasteiger partial charge on any atom is 0.139 e. The molecule has 126 valence electrons. The summed E-state index contributed by atoms with van der Waals surface area (Å²) in [6.07, 6.45) is 0.765. The van der Waals surface area contributed by atoms with Gasteiger partial charge in [0, 0.05) is 12.0 Å². The molecule has 3 aromatic rings. The van der Waals surface area contributed by atoms with E-state index in [9.17, 15) is 5.11 Å². The number of hydrogen-bond acceptors (Lipinski definition) is 3. The van der Waals surface area contributed by atoms with Crippen molar-refractivity contribution in [3.8, 4) is 5.75 Å². The summed E-state index contributed by atoms with van der Waals surface area (Å²) in [6.45, 7) is 0.558. The topological polar surface area (TPSA) is 41.5 Å². The molecule has 0 saturated heterocycles. The van der Waals surface area contributed by atoms with Crippen molar-refractivity contribution < 1.29 is 9.84 Å². The van der Waals surface area contributed by atoms with Crippen molar-refractivity contribution in [1.29, 1.82) is 0 Å². The molecule has 0 radical (unpaired) electrons. The quantitative estimate of drug-likeness (QED) is 0.645. The molecule has 3 aromatic carbocycles. The Balaban J connectivity index is 1.62. The van der Waals surface area contributed by atoms with E-state index in [1.54, 1.807) is 6.07 Å². The Morgan fingerprint density at radius 3 is 2.36 bits per heavy atom. The fraction of sp³-hybridized carbons (Fsp3) is 0.182. The van der Waals surface area contributed by atoms with Crippen molar-refractivity contribution in [2.75, 3.05) is 5.32 Å². The van der Waals surface area contributed by atoms with Crippen molar-refractivity contribution in [3.05, 3.63) is 95.6 Å². The Morgan fingerprint density at radius 2 is 1.60 bits per heavy atom. The van der Waals surface area contributed by atoms with Crippen LogP contribution in [0.15, 0.2) is 78.9 Å². The molecule has 1 aliphatic rings. The number of para-hydroxylation sites is 1. The predicted octanol–water partition coefficient (Wildman–Crippen LogP) is 5.21. The fourth-order valence-corrected chi connectivity index (χ4v) is 3.39. The van der Waals surface area contributed by atoms with Crippen LogP contribution in [0.5, 0.6) is 5.75 Å². The number of benzene rings is 3. The molecule has 0 amide bonds. The Hall–Kier alpha value is -2.78. The molecule has 0 aliphatic carbocycles. The number of anilines is 1. The third-order valence-electron chi connectivity index (χ3n) is 4.69. The van der Waals surface area contributed by atoms with Crippen LogP contribution in [-0.4, -0.2) is 5.11 Å². The summed E-state index contributed by atoms with van der Waals surface area (Å²) >= 11 is 0. The largest absolute Gasteiger partial charge is 0.506 e. The van der Waals surface area contributed by atoms with Crippen LogP contribution in [0.2, 0.25) is 0 Å². The first-order valence-corrected chi connectivity index (χ1v) is 8.60. The Morgan fingerprint density at radius 1 is 0.880 bits per heavy atom. The molecule has 0 aromatic heterocycles. The highest BCUT2D eigenvalue weighted by Crippen LogP contribution is 2.44. The molecule has 1 heterocycles. The second-order valence-corrected chi connectivity index (χ2v) is 6.37. The monoisotopic (exact) mass is 331 g/mol. The lowest BCUT2D eigenvalue weighted by Crippen LogP contribution is -2.23. The van der Waals surface area contributed by atoms with Gasteiger partial charge in [0.1, 0.15) is 5.75 Å². The van der Waals surface area contributed by atoms with Gasteiger partial charge in [0.2, 0.25) is 0 Å². The van der Waals surface area contributed by atoms with Crippen LogP contribution in [0.1, 0.15) is 35.3 Å². The zero-order valence-electron chi connectivity index (χ0n) is 13.9. The van der Waals surface area contributed by atoms with Crippen LogP contribution >= 0.6 is 0 Å². The molecule has 1 aliphatic heterocycles. The van der Waals surface area contributed by atoms with Crippen LogP contribution in [-0.2, 0) is 11.3 Å². The van der Waals surface area contributed by atoms with Crippen LogP contribution < -0.4 is 5.32 Å². The van der Waals surface area contributed by atoms with Gasteiger partial charge in [-0.2, -0.15) is 0 Å². The highest BCUT2D eigenvalue weighted by atomic mass is 16.5. The maximum atomic E-state index is 10.3. The minimum Gasteiger partial charge on any atom is -0.506 e. The van der Waals surface area contributed by atoms with Gasteiger partial charge in [-0.1, -0.05) is 72.8 Å². The number of phenols is 1. The zero-order chi connectivity index (χ0) is 17.1. The van der Waals surface area contributed by atoms with E-state index in [2.05, 4.69) is 29.6 Å². The van der Waals surface area contributed by atoms with E-state index >= 15 is 0 Å². The molecular formula is C22H21NO2. The van der Waals surface area contributed by atoms with Gasteiger partial charge < -0.3 is 15.2 Å². The number of hydrogen-bond donors (Lipinski definition) is 2. The second kappa shape index (κ2) is 6.99. The summed E-state index contributed by atoms with van der Waals surface area (Å²) in [5.74, 6) is 0.270. The lowest BCUT2D eigenvalue weighted by molar-refractivity contribution is 0.0280. The SMILES string of the molecule is Oc1cccc2c1N[C@@H](c1ccccc1)C[C@H]2OCc1ccccc1. The Labute approximate surface area is 147 Å². The third kappa shape index (κ3) is 3.37. The van der Waals surface area contributed by atoms with E-state index in [0.29, 0.717) is 6.61 Å². The number of ether oxygens (including phenoxy) is 1. The van der Waals surface area contributed by atoms with Crippen LogP contribution in [0.3, 0.4) is 0 Å². The molecule has 3 heteroatoms. The summed E-state index contributed by atoms with van der Waals surface area (Å²) in [7, 11) is 0. The standard InChI is InChI=1S/C22H21NO2/c24-20-13-7-12-18-21(25-15-16-8-3-1-4-9-16)14-19(23-22(18)20)17-10-5-2-6-11-17/h1-13,19,21,23-24H,14-15H2/t19-,21-/m1/s1. The molecule has 2 N–H and O–H groups in total. The lowest BCUT2D eigenvalue weighted by Gasteiger charge is -2.34. The van der Waals surface area contributed by atoms with Crippen molar-refractivity contribution in [2.45, 2.75) is 25.2 Å². The van der Waals surface area contributed by atoms with Crippen molar-refractivity contribution in [2.24, 2.45) is 0 Å². The van der Waals surface area contributed by atoms with E-state index < -0.39 is 0 Å². The maximum absolute atomic E-state index is 10.3. The molecule has 3 nitrogen and oxygen atoms in total. The Kier molecular flexibility index (Phi) is 4.40. The lowest BCUT2D eigenvalue weighted by atomic mass is 9.90. The number of rotatable bonds is 4. The minimum absolute atomic E-state index is 0.0613. The summed E-state index contributed by atoms with van der Waals surface area (Å²) in [5, 5.41) is 13.8. The highest BCUT2D eigenvalue weighted by molar-refractivity contribution is 5.64. The molecule has 0 unspecified atom stereocenters. The first-order valence-electron chi connectivity index (χ1n) is 8.60. The van der Waals surface area contributed by atoms with E-state index in [1.807, 2.05) is 48.5 Å². The Bertz CT molecular complexity index is 833. The number of aromatic hydroxyl groups is 1. The fourth-order valence-electron chi connectivity index (χ4n) is 3.39. The van der Waals surface area contributed by atoms with Crippen molar-refractivity contribution in [3.63, 3.8) is 0 Å². The van der Waals surface area contributed by atoms with Gasteiger partial charge in [-0.05, 0) is 17.2 Å². The number of phenolic OH excluding ortho intramolecular Hbond substituents is 1. The van der Waals surface area contributed by atoms with Gasteiger partial charge in [0.05, 0.1) is 24.4 Å². The molecule has 0 fully saturated rings. The first kappa shape index (κ1) is 15.7. The second-order valence-electron chi connectivity index (χ2n) is 6.37.